The van der Waals surface area contributed by atoms with Crippen molar-refractivity contribution < 1.29 is 13.2 Å². The molecule has 0 radical (unpaired) electrons. The van der Waals surface area contributed by atoms with E-state index >= 15 is 0 Å². The highest BCUT2D eigenvalue weighted by atomic mass is 32.2. The predicted octanol–water partition coefficient (Wildman–Crippen LogP) is 4.50. The molecule has 0 saturated carbocycles. The molecule has 2 aromatic carbocycles. The Labute approximate surface area is 201 Å². The Morgan fingerprint density at radius 1 is 1.00 bits per heavy atom. The number of sulfonamides is 1. The summed E-state index contributed by atoms with van der Waals surface area (Å²) >= 11 is 2.67. The van der Waals surface area contributed by atoms with Crippen LogP contribution in [-0.4, -0.2) is 47.7 Å². The molecule has 0 aliphatic carbocycles. The molecule has 8 nitrogen and oxygen atoms in total. The van der Waals surface area contributed by atoms with Crippen molar-refractivity contribution in [1.29, 1.82) is 0 Å². The molecule has 2 heterocycles. The van der Waals surface area contributed by atoms with Crippen LogP contribution in [-0.2, 0) is 14.8 Å². The SMILES string of the molecule is Cc1ccc(Nc2nnc(SCC(=O)Nc3ccc(S(=O)(=O)N4CCCCC4)cc3)s2)cc1. The molecule has 1 amide bonds. The molecule has 1 aliphatic rings. The summed E-state index contributed by atoms with van der Waals surface area (Å²) in [6.45, 7) is 3.15. The number of aryl methyl sites for hydroxylation is 1. The number of nitrogens with one attached hydrogen (secondary N) is 2. The summed E-state index contributed by atoms with van der Waals surface area (Å²) in [5.41, 5.74) is 2.66. The number of hydrogen-bond acceptors (Lipinski definition) is 8. The lowest BCUT2D eigenvalue weighted by Crippen LogP contribution is -2.35. The summed E-state index contributed by atoms with van der Waals surface area (Å²) in [6.07, 6.45) is 2.85. The quantitative estimate of drug-likeness (QED) is 0.436. The Bertz CT molecular complexity index is 1190. The predicted molar refractivity (Wildman–Crippen MR) is 133 cm³/mol. The molecule has 4 rings (SSSR count). The Morgan fingerprint density at radius 3 is 2.36 bits per heavy atom. The fraction of sp³-hybridized carbons (Fsp3) is 0.318. The highest BCUT2D eigenvalue weighted by Gasteiger charge is 2.25. The van der Waals surface area contributed by atoms with Crippen molar-refractivity contribution >= 4 is 55.5 Å². The average Bonchev–Trinajstić information content (AvgIpc) is 3.27. The lowest BCUT2D eigenvalue weighted by atomic mass is 10.2. The summed E-state index contributed by atoms with van der Waals surface area (Å²) in [5.74, 6) is -0.0256. The molecule has 1 fully saturated rings. The number of carbonyl (C=O) groups excluding carboxylic acids is 1. The molecular weight excluding hydrogens is 478 g/mol. The van der Waals surface area contributed by atoms with E-state index in [0.717, 1.165) is 24.9 Å². The van der Waals surface area contributed by atoms with E-state index in [2.05, 4.69) is 20.8 Å². The van der Waals surface area contributed by atoms with Gasteiger partial charge in [0.15, 0.2) is 4.34 Å². The van der Waals surface area contributed by atoms with Crippen molar-refractivity contribution in [3.63, 3.8) is 0 Å². The van der Waals surface area contributed by atoms with Gasteiger partial charge in [-0.25, -0.2) is 8.42 Å². The van der Waals surface area contributed by atoms with Gasteiger partial charge in [-0.2, -0.15) is 4.31 Å². The van der Waals surface area contributed by atoms with Gasteiger partial charge in [0, 0.05) is 24.5 Å². The minimum absolute atomic E-state index is 0.174. The maximum atomic E-state index is 12.7. The van der Waals surface area contributed by atoms with E-state index in [1.165, 1.54) is 33.0 Å². The lowest BCUT2D eigenvalue weighted by molar-refractivity contribution is -0.113. The second-order valence-corrected chi connectivity index (χ2v) is 11.8. The standard InChI is InChI=1S/C22H25N5O3S3/c1-16-5-7-18(8-6-16)24-21-25-26-22(32-21)31-15-20(28)23-17-9-11-19(12-10-17)33(29,30)27-13-3-2-4-14-27/h5-12H,2-4,13-15H2,1H3,(H,23,28)(H,24,25). The van der Waals surface area contributed by atoms with Gasteiger partial charge >= 0.3 is 0 Å². The summed E-state index contributed by atoms with van der Waals surface area (Å²) in [7, 11) is -3.48. The number of thioether (sulfide) groups is 1. The van der Waals surface area contributed by atoms with E-state index in [1.54, 1.807) is 24.3 Å². The molecule has 0 atom stereocenters. The minimum atomic E-state index is -3.48. The topological polar surface area (TPSA) is 104 Å². The van der Waals surface area contributed by atoms with E-state index < -0.39 is 10.0 Å². The molecule has 1 aliphatic heterocycles. The van der Waals surface area contributed by atoms with Gasteiger partial charge in [0.1, 0.15) is 0 Å². The monoisotopic (exact) mass is 503 g/mol. The molecule has 2 N–H and O–H groups in total. The van der Waals surface area contributed by atoms with Crippen LogP contribution >= 0.6 is 23.1 Å². The van der Waals surface area contributed by atoms with E-state index in [0.29, 0.717) is 28.2 Å². The van der Waals surface area contributed by atoms with Gasteiger partial charge in [-0.15, -0.1) is 10.2 Å². The molecule has 0 bridgehead atoms. The number of nitrogens with zero attached hydrogens (tertiary/aromatic N) is 3. The number of aromatic nitrogens is 2. The highest BCUT2D eigenvalue weighted by Crippen LogP contribution is 2.28. The third-order valence-corrected chi connectivity index (χ3v) is 9.01. The maximum Gasteiger partial charge on any atom is 0.243 e. The van der Waals surface area contributed by atoms with Crippen LogP contribution in [0.4, 0.5) is 16.5 Å². The van der Waals surface area contributed by atoms with Crippen molar-refractivity contribution in [1.82, 2.24) is 14.5 Å². The smallest absolute Gasteiger partial charge is 0.243 e. The summed E-state index contributed by atoms with van der Waals surface area (Å²) in [6, 6.07) is 14.3. The zero-order chi connectivity index (χ0) is 23.3. The Morgan fingerprint density at radius 2 is 1.67 bits per heavy atom. The van der Waals surface area contributed by atoms with Crippen LogP contribution in [0.25, 0.3) is 0 Å². The van der Waals surface area contributed by atoms with E-state index in [-0.39, 0.29) is 16.6 Å². The number of piperidine rings is 1. The molecular formula is C22H25N5O3S3. The van der Waals surface area contributed by atoms with Crippen LogP contribution in [0.5, 0.6) is 0 Å². The molecule has 1 saturated heterocycles. The first-order chi connectivity index (χ1) is 15.9. The molecule has 0 unspecified atom stereocenters. The maximum absolute atomic E-state index is 12.7. The number of carbonyl (C=O) groups is 1. The van der Waals surface area contributed by atoms with Crippen molar-refractivity contribution in [3.05, 3.63) is 54.1 Å². The first kappa shape index (κ1) is 23.7. The Balaban J connectivity index is 1.28. The number of amides is 1. The Kier molecular flexibility index (Phi) is 7.63. The summed E-state index contributed by atoms with van der Waals surface area (Å²) in [4.78, 5) is 12.6. The number of hydrogen-bond donors (Lipinski definition) is 2. The molecule has 3 aromatic rings. The Hall–Kier alpha value is -2.47. The van der Waals surface area contributed by atoms with Gasteiger partial charge in [-0.05, 0) is 56.2 Å². The zero-order valence-corrected chi connectivity index (χ0v) is 20.6. The van der Waals surface area contributed by atoms with Crippen LogP contribution in [0.3, 0.4) is 0 Å². The highest BCUT2D eigenvalue weighted by molar-refractivity contribution is 8.01. The zero-order valence-electron chi connectivity index (χ0n) is 18.2. The second kappa shape index (κ2) is 10.6. The number of benzene rings is 2. The van der Waals surface area contributed by atoms with E-state index in [4.69, 9.17) is 0 Å². The lowest BCUT2D eigenvalue weighted by Gasteiger charge is -2.25. The van der Waals surface area contributed by atoms with Gasteiger partial charge < -0.3 is 10.6 Å². The van der Waals surface area contributed by atoms with Gasteiger partial charge in [0.25, 0.3) is 0 Å². The summed E-state index contributed by atoms with van der Waals surface area (Å²) in [5, 5.41) is 14.9. The van der Waals surface area contributed by atoms with Gasteiger partial charge in [-0.1, -0.05) is 47.2 Å². The van der Waals surface area contributed by atoms with Crippen LogP contribution in [0.2, 0.25) is 0 Å². The normalized spacial score (nSPS) is 14.7. The number of anilines is 3. The van der Waals surface area contributed by atoms with Crippen molar-refractivity contribution in [2.24, 2.45) is 0 Å². The molecule has 11 heteroatoms. The van der Waals surface area contributed by atoms with Crippen molar-refractivity contribution in [2.75, 3.05) is 29.5 Å². The third kappa shape index (κ3) is 6.32. The van der Waals surface area contributed by atoms with Crippen LogP contribution < -0.4 is 10.6 Å². The van der Waals surface area contributed by atoms with Crippen LogP contribution in [0.1, 0.15) is 24.8 Å². The van der Waals surface area contributed by atoms with Crippen molar-refractivity contribution in [2.45, 2.75) is 35.4 Å². The fourth-order valence-corrected chi connectivity index (χ4v) is 6.46. The first-order valence-electron chi connectivity index (χ1n) is 10.6. The second-order valence-electron chi connectivity index (χ2n) is 7.69. The first-order valence-corrected chi connectivity index (χ1v) is 13.8. The van der Waals surface area contributed by atoms with Gasteiger partial charge in [-0.3, -0.25) is 4.79 Å². The molecule has 174 valence electrons. The number of rotatable bonds is 8. The fourth-order valence-electron chi connectivity index (χ4n) is 3.37. The van der Waals surface area contributed by atoms with Crippen LogP contribution in [0, 0.1) is 6.92 Å². The molecule has 1 aromatic heterocycles. The molecule has 0 spiro atoms. The third-order valence-electron chi connectivity index (χ3n) is 5.13. The van der Waals surface area contributed by atoms with Crippen LogP contribution in [0.15, 0.2) is 57.8 Å². The average molecular weight is 504 g/mol. The minimum Gasteiger partial charge on any atom is -0.330 e. The van der Waals surface area contributed by atoms with Crippen molar-refractivity contribution in [3.8, 4) is 0 Å². The molecule has 33 heavy (non-hydrogen) atoms. The summed E-state index contributed by atoms with van der Waals surface area (Å²) < 4.78 is 27.7. The van der Waals surface area contributed by atoms with Gasteiger partial charge in [0.05, 0.1) is 10.6 Å². The van der Waals surface area contributed by atoms with E-state index in [9.17, 15) is 13.2 Å². The van der Waals surface area contributed by atoms with E-state index in [1.807, 2.05) is 31.2 Å². The van der Waals surface area contributed by atoms with Gasteiger partial charge in [0.2, 0.25) is 21.1 Å². The largest absolute Gasteiger partial charge is 0.330 e.